The van der Waals surface area contributed by atoms with Crippen molar-refractivity contribution in [2.45, 2.75) is 10.6 Å². The minimum Gasteiger partial charge on any atom is -0.303 e. The molecule has 0 fully saturated rings. The van der Waals surface area contributed by atoms with Gasteiger partial charge in [-0.3, -0.25) is 0 Å². The molecule has 12 heavy (non-hydrogen) atoms. The predicted octanol–water partition coefficient (Wildman–Crippen LogP) is 1.11. The second kappa shape index (κ2) is 3.82. The van der Waals surface area contributed by atoms with Crippen molar-refractivity contribution in [3.63, 3.8) is 0 Å². The third-order valence-electron chi connectivity index (χ3n) is 1.31. The van der Waals surface area contributed by atoms with Crippen molar-refractivity contribution in [3.8, 4) is 0 Å². The topological polar surface area (TPSA) is 51.2 Å². The number of carbonyl (C=O) groups excluding carboxylic acids is 1. The molecule has 0 saturated heterocycles. The summed E-state index contributed by atoms with van der Waals surface area (Å²) >= 11 is 1.18. The molecule has 3 nitrogen and oxygen atoms in total. The minimum atomic E-state index is -3.19. The molecule has 0 N–H and O–H groups in total. The van der Waals surface area contributed by atoms with Crippen molar-refractivity contribution in [1.29, 1.82) is 0 Å². The third kappa shape index (κ3) is 2.15. The highest BCUT2D eigenvalue weighted by Crippen LogP contribution is 2.17. The largest absolute Gasteiger partial charge is 0.303 e. The molecule has 1 aromatic rings. The molecule has 1 rings (SSSR count). The van der Waals surface area contributed by atoms with Gasteiger partial charge in [-0.2, -0.15) is 0 Å². The Morgan fingerprint density at radius 2 is 2.25 bits per heavy atom. The lowest BCUT2D eigenvalue weighted by Crippen LogP contribution is -2.04. The summed E-state index contributed by atoms with van der Waals surface area (Å²) in [4.78, 5) is 9.96. The first kappa shape index (κ1) is 9.41. The molecule has 0 spiro atoms. The Kier molecular flexibility index (Phi) is 2.99. The van der Waals surface area contributed by atoms with E-state index in [1.807, 2.05) is 0 Å². The molecule has 5 heteroatoms. The van der Waals surface area contributed by atoms with Crippen LogP contribution in [-0.4, -0.2) is 20.5 Å². The maximum absolute atomic E-state index is 11.3. The van der Waals surface area contributed by atoms with Gasteiger partial charge in [0.1, 0.15) is 10.5 Å². The van der Waals surface area contributed by atoms with Crippen LogP contribution >= 0.6 is 11.3 Å². The summed E-state index contributed by atoms with van der Waals surface area (Å²) in [5.74, 6) is -0.0863. The van der Waals surface area contributed by atoms with E-state index in [4.69, 9.17) is 0 Å². The lowest BCUT2D eigenvalue weighted by atomic mass is 10.6. The van der Waals surface area contributed by atoms with Gasteiger partial charge in [0.05, 0.1) is 5.75 Å². The molecule has 1 aromatic heterocycles. The van der Waals surface area contributed by atoms with Gasteiger partial charge < -0.3 is 4.79 Å². The normalized spacial score (nSPS) is 11.3. The molecule has 1 heterocycles. The maximum atomic E-state index is 11.3. The SMILES string of the molecule is O=CCCS(=O)(=O)c1cccs1. The first-order chi connectivity index (χ1) is 5.67. The Labute approximate surface area is 75.0 Å². The molecule has 0 saturated carbocycles. The molecule has 0 atom stereocenters. The number of hydrogen-bond donors (Lipinski definition) is 0. The van der Waals surface area contributed by atoms with Gasteiger partial charge >= 0.3 is 0 Å². The van der Waals surface area contributed by atoms with Crippen molar-refractivity contribution in [1.82, 2.24) is 0 Å². The first-order valence-electron chi connectivity index (χ1n) is 3.37. The van der Waals surface area contributed by atoms with E-state index in [9.17, 15) is 13.2 Å². The van der Waals surface area contributed by atoms with E-state index in [1.165, 1.54) is 11.3 Å². The Hall–Kier alpha value is -0.680. The molecule has 0 unspecified atom stereocenters. The Bertz CT molecular complexity index is 337. The second-order valence-electron chi connectivity index (χ2n) is 2.21. The summed E-state index contributed by atoms with van der Waals surface area (Å²) in [6.45, 7) is 0. The molecular formula is C7H8O3S2. The van der Waals surface area contributed by atoms with E-state index in [0.29, 0.717) is 10.5 Å². The Morgan fingerprint density at radius 1 is 1.50 bits per heavy atom. The summed E-state index contributed by atoms with van der Waals surface area (Å²) in [7, 11) is -3.19. The Morgan fingerprint density at radius 3 is 2.75 bits per heavy atom. The van der Waals surface area contributed by atoms with E-state index in [0.717, 1.165) is 0 Å². The summed E-state index contributed by atoms with van der Waals surface area (Å²) in [5, 5.41) is 1.70. The smallest absolute Gasteiger partial charge is 0.188 e. The zero-order valence-corrected chi connectivity index (χ0v) is 7.90. The molecule has 0 amide bonds. The number of sulfone groups is 1. The zero-order chi connectivity index (χ0) is 9.03. The average molecular weight is 204 g/mol. The van der Waals surface area contributed by atoms with Crippen molar-refractivity contribution < 1.29 is 13.2 Å². The molecule has 0 bridgehead atoms. The quantitative estimate of drug-likeness (QED) is 0.690. The fourth-order valence-electron chi connectivity index (χ4n) is 0.744. The van der Waals surface area contributed by atoms with Gasteiger partial charge in [-0.05, 0) is 11.4 Å². The minimum absolute atomic E-state index is 0.0697. The van der Waals surface area contributed by atoms with Gasteiger partial charge in [0.2, 0.25) is 0 Å². The van der Waals surface area contributed by atoms with Crippen LogP contribution in [-0.2, 0) is 14.6 Å². The monoisotopic (exact) mass is 204 g/mol. The van der Waals surface area contributed by atoms with Crippen molar-refractivity contribution in [2.75, 3.05) is 5.75 Å². The maximum Gasteiger partial charge on any atom is 0.188 e. The first-order valence-corrected chi connectivity index (χ1v) is 5.90. The van der Waals surface area contributed by atoms with Crippen molar-refractivity contribution in [2.24, 2.45) is 0 Å². The third-order valence-corrected chi connectivity index (χ3v) is 4.54. The predicted molar refractivity (Wildman–Crippen MR) is 47.1 cm³/mol. The van der Waals surface area contributed by atoms with Crippen molar-refractivity contribution >= 4 is 27.5 Å². The van der Waals surface area contributed by atoms with Crippen LogP contribution in [0.2, 0.25) is 0 Å². The van der Waals surface area contributed by atoms with E-state index in [-0.39, 0.29) is 12.2 Å². The second-order valence-corrected chi connectivity index (χ2v) is 5.49. The van der Waals surface area contributed by atoms with Gasteiger partial charge in [-0.1, -0.05) is 6.07 Å². The summed E-state index contributed by atoms with van der Waals surface area (Å²) in [6, 6.07) is 3.23. The highest BCUT2D eigenvalue weighted by molar-refractivity contribution is 7.93. The molecule has 66 valence electrons. The van der Waals surface area contributed by atoms with Crippen LogP contribution in [0.1, 0.15) is 6.42 Å². The molecule has 0 aliphatic carbocycles. The fourth-order valence-corrected chi connectivity index (χ4v) is 3.09. The molecule has 0 aromatic carbocycles. The standard InChI is InChI=1S/C7H8O3S2/c8-4-2-6-12(9,10)7-3-1-5-11-7/h1,3-5H,2,6H2. The van der Waals surface area contributed by atoms with Crippen LogP contribution in [0, 0.1) is 0 Å². The van der Waals surface area contributed by atoms with Crippen molar-refractivity contribution in [3.05, 3.63) is 17.5 Å². The van der Waals surface area contributed by atoms with Gasteiger partial charge in [-0.15, -0.1) is 11.3 Å². The van der Waals surface area contributed by atoms with Crippen LogP contribution in [0.4, 0.5) is 0 Å². The van der Waals surface area contributed by atoms with Gasteiger partial charge in [0.15, 0.2) is 9.84 Å². The molecule has 0 aliphatic heterocycles. The fraction of sp³-hybridized carbons (Fsp3) is 0.286. The zero-order valence-electron chi connectivity index (χ0n) is 6.26. The Balaban J connectivity index is 2.80. The van der Waals surface area contributed by atoms with Crippen LogP contribution in [0.25, 0.3) is 0 Å². The lowest BCUT2D eigenvalue weighted by Gasteiger charge is -1.95. The lowest BCUT2D eigenvalue weighted by molar-refractivity contribution is -0.107. The van der Waals surface area contributed by atoms with Crippen LogP contribution in [0.15, 0.2) is 21.7 Å². The highest BCUT2D eigenvalue weighted by Gasteiger charge is 2.13. The van der Waals surface area contributed by atoms with Crippen LogP contribution in [0.5, 0.6) is 0 Å². The summed E-state index contributed by atoms with van der Waals surface area (Å²) in [5.41, 5.74) is 0. The number of hydrogen-bond acceptors (Lipinski definition) is 4. The molecule has 0 radical (unpaired) electrons. The van der Waals surface area contributed by atoms with Gasteiger partial charge in [-0.25, -0.2) is 8.42 Å². The van der Waals surface area contributed by atoms with Crippen LogP contribution < -0.4 is 0 Å². The van der Waals surface area contributed by atoms with E-state index in [2.05, 4.69) is 0 Å². The van der Waals surface area contributed by atoms with Crippen LogP contribution in [0.3, 0.4) is 0 Å². The molecular weight excluding hydrogens is 196 g/mol. The number of thiophene rings is 1. The number of carbonyl (C=O) groups is 1. The molecule has 0 aliphatic rings. The summed E-state index contributed by atoms with van der Waals surface area (Å²) in [6.07, 6.45) is 0.686. The van der Waals surface area contributed by atoms with Gasteiger partial charge in [0.25, 0.3) is 0 Å². The van der Waals surface area contributed by atoms with E-state index < -0.39 is 9.84 Å². The summed E-state index contributed by atoms with van der Waals surface area (Å²) < 4.78 is 22.9. The van der Waals surface area contributed by atoms with Gasteiger partial charge in [0, 0.05) is 6.42 Å². The van der Waals surface area contributed by atoms with E-state index in [1.54, 1.807) is 17.5 Å². The number of rotatable bonds is 4. The van der Waals surface area contributed by atoms with E-state index >= 15 is 0 Å². The average Bonchev–Trinajstić information content (AvgIpc) is 2.53. The number of aldehydes is 1. The highest BCUT2D eigenvalue weighted by atomic mass is 32.2.